The fourth-order valence-corrected chi connectivity index (χ4v) is 2.62. The molecule has 17 heavy (non-hydrogen) atoms. The van der Waals surface area contributed by atoms with Crippen LogP contribution in [0.1, 0.15) is 24.7 Å². The summed E-state index contributed by atoms with van der Waals surface area (Å²) >= 11 is 3.51. The highest BCUT2D eigenvalue weighted by Crippen LogP contribution is 2.39. The molecule has 3 nitrogen and oxygen atoms in total. The van der Waals surface area contributed by atoms with Gasteiger partial charge in [0, 0.05) is 23.5 Å². The van der Waals surface area contributed by atoms with Crippen molar-refractivity contribution in [3.8, 4) is 0 Å². The van der Waals surface area contributed by atoms with Gasteiger partial charge in [-0.2, -0.15) is 0 Å². The molecule has 0 saturated heterocycles. The summed E-state index contributed by atoms with van der Waals surface area (Å²) in [6.45, 7) is 0.983. The van der Waals surface area contributed by atoms with E-state index in [2.05, 4.69) is 44.0 Å². The summed E-state index contributed by atoms with van der Waals surface area (Å²) in [7, 11) is 1.99. The Bertz CT molecular complexity index is 543. The van der Waals surface area contributed by atoms with Gasteiger partial charge in [0.25, 0.3) is 0 Å². The van der Waals surface area contributed by atoms with Crippen LogP contribution in [0.5, 0.6) is 0 Å². The van der Waals surface area contributed by atoms with E-state index >= 15 is 0 Å². The van der Waals surface area contributed by atoms with E-state index in [0.29, 0.717) is 6.04 Å². The summed E-state index contributed by atoms with van der Waals surface area (Å²) in [6, 6.07) is 7.07. The van der Waals surface area contributed by atoms with Gasteiger partial charge in [-0.1, -0.05) is 15.9 Å². The van der Waals surface area contributed by atoms with Crippen molar-refractivity contribution in [2.45, 2.75) is 25.3 Å². The third-order valence-corrected chi connectivity index (χ3v) is 3.73. The molecule has 1 saturated carbocycles. The first-order valence-electron chi connectivity index (χ1n) is 6.10. The predicted molar refractivity (Wildman–Crippen MR) is 73.3 cm³/mol. The van der Waals surface area contributed by atoms with Gasteiger partial charge in [0.2, 0.25) is 0 Å². The normalized spacial score (nSPS) is 15.6. The van der Waals surface area contributed by atoms with Crippen molar-refractivity contribution >= 4 is 27.0 Å². The molecule has 1 aliphatic rings. The van der Waals surface area contributed by atoms with Gasteiger partial charge in [-0.3, -0.25) is 0 Å². The molecule has 1 aliphatic carbocycles. The summed E-state index contributed by atoms with van der Waals surface area (Å²) in [6.07, 6.45) is 3.60. The van der Waals surface area contributed by atoms with Crippen molar-refractivity contribution in [2.75, 3.05) is 13.6 Å². The summed E-state index contributed by atoms with van der Waals surface area (Å²) in [5, 5.41) is 3.20. The van der Waals surface area contributed by atoms with Crippen LogP contribution in [0.25, 0.3) is 11.0 Å². The molecular weight excluding hydrogens is 278 g/mol. The van der Waals surface area contributed by atoms with Crippen molar-refractivity contribution in [1.82, 2.24) is 14.9 Å². The number of rotatable bonds is 4. The third-order valence-electron chi connectivity index (χ3n) is 3.24. The van der Waals surface area contributed by atoms with Gasteiger partial charge in [-0.15, -0.1) is 0 Å². The molecule has 90 valence electrons. The molecule has 1 fully saturated rings. The Morgan fingerprint density at radius 3 is 3.00 bits per heavy atom. The Labute approximate surface area is 109 Å². The van der Waals surface area contributed by atoms with Gasteiger partial charge in [0.1, 0.15) is 5.82 Å². The zero-order valence-electron chi connectivity index (χ0n) is 9.91. The van der Waals surface area contributed by atoms with Gasteiger partial charge in [-0.25, -0.2) is 4.98 Å². The lowest BCUT2D eigenvalue weighted by Gasteiger charge is -2.07. The highest BCUT2D eigenvalue weighted by molar-refractivity contribution is 9.10. The molecule has 0 bridgehead atoms. The molecule has 0 spiro atoms. The second kappa shape index (κ2) is 4.42. The van der Waals surface area contributed by atoms with E-state index in [9.17, 15) is 0 Å². The van der Waals surface area contributed by atoms with Crippen LogP contribution in [0.4, 0.5) is 0 Å². The Kier molecular flexibility index (Phi) is 2.92. The number of benzene rings is 1. The van der Waals surface area contributed by atoms with Gasteiger partial charge in [0.15, 0.2) is 0 Å². The smallest absolute Gasteiger partial charge is 0.111 e. The maximum absolute atomic E-state index is 4.77. The van der Waals surface area contributed by atoms with E-state index < -0.39 is 0 Å². The summed E-state index contributed by atoms with van der Waals surface area (Å²) in [4.78, 5) is 4.77. The van der Waals surface area contributed by atoms with E-state index in [-0.39, 0.29) is 0 Å². The molecule has 0 aliphatic heterocycles. The molecule has 0 amide bonds. The van der Waals surface area contributed by atoms with Crippen LogP contribution in [0.15, 0.2) is 22.7 Å². The molecule has 3 rings (SSSR count). The third kappa shape index (κ3) is 2.11. The lowest BCUT2D eigenvalue weighted by atomic mass is 10.3. The number of nitrogens with one attached hydrogen (secondary N) is 1. The van der Waals surface area contributed by atoms with Crippen molar-refractivity contribution < 1.29 is 0 Å². The average molecular weight is 294 g/mol. The number of likely N-dealkylation sites (N-methyl/N-ethyl adjacent to an activating group) is 1. The number of hydrogen-bond donors (Lipinski definition) is 1. The van der Waals surface area contributed by atoms with Crippen LogP contribution in [0.2, 0.25) is 0 Å². The molecule has 0 unspecified atom stereocenters. The van der Waals surface area contributed by atoms with Crippen LogP contribution in [-0.2, 0) is 6.42 Å². The molecule has 2 aromatic rings. The van der Waals surface area contributed by atoms with Crippen LogP contribution in [-0.4, -0.2) is 23.1 Å². The number of fused-ring (bicyclic) bond motifs is 1. The minimum absolute atomic E-state index is 0.688. The molecule has 0 atom stereocenters. The molecule has 0 radical (unpaired) electrons. The standard InChI is InChI=1S/C13H16BrN3/c1-15-7-6-13-16-11-8-9(14)2-5-12(11)17(13)10-3-4-10/h2,5,8,10,15H,3-4,6-7H2,1H3. The summed E-state index contributed by atoms with van der Waals surface area (Å²) in [5.74, 6) is 1.22. The first-order chi connectivity index (χ1) is 8.29. The Balaban J connectivity index is 2.09. The van der Waals surface area contributed by atoms with Gasteiger partial charge in [-0.05, 0) is 38.1 Å². The fraction of sp³-hybridized carbons (Fsp3) is 0.462. The van der Waals surface area contributed by atoms with E-state index in [1.54, 1.807) is 0 Å². The first kappa shape index (κ1) is 11.2. The maximum atomic E-state index is 4.77. The van der Waals surface area contributed by atoms with Gasteiger partial charge < -0.3 is 9.88 Å². The second-order valence-corrected chi connectivity index (χ2v) is 5.53. The SMILES string of the molecule is CNCCc1nc2cc(Br)ccc2n1C1CC1. The van der Waals surface area contributed by atoms with Crippen LogP contribution in [0, 0.1) is 0 Å². The molecule has 1 aromatic heterocycles. The molecular formula is C13H16BrN3. The average Bonchev–Trinajstić information content (AvgIpc) is 3.08. The highest BCUT2D eigenvalue weighted by Gasteiger charge is 2.27. The van der Waals surface area contributed by atoms with Gasteiger partial charge >= 0.3 is 0 Å². The maximum Gasteiger partial charge on any atom is 0.111 e. The Hall–Kier alpha value is -0.870. The molecule has 4 heteroatoms. The zero-order chi connectivity index (χ0) is 11.8. The first-order valence-corrected chi connectivity index (χ1v) is 6.90. The lowest BCUT2D eigenvalue weighted by Crippen LogP contribution is -2.13. The zero-order valence-corrected chi connectivity index (χ0v) is 11.5. The summed E-state index contributed by atoms with van der Waals surface area (Å²) in [5.41, 5.74) is 2.39. The van der Waals surface area contributed by atoms with E-state index in [1.807, 2.05) is 7.05 Å². The van der Waals surface area contributed by atoms with Crippen LogP contribution in [0.3, 0.4) is 0 Å². The van der Waals surface area contributed by atoms with E-state index in [1.165, 1.54) is 24.2 Å². The quantitative estimate of drug-likeness (QED) is 0.939. The fourth-order valence-electron chi connectivity index (χ4n) is 2.28. The van der Waals surface area contributed by atoms with Crippen molar-refractivity contribution in [1.29, 1.82) is 0 Å². The Morgan fingerprint density at radius 1 is 1.47 bits per heavy atom. The second-order valence-electron chi connectivity index (χ2n) is 4.62. The Morgan fingerprint density at radius 2 is 2.29 bits per heavy atom. The van der Waals surface area contributed by atoms with Crippen molar-refractivity contribution in [2.24, 2.45) is 0 Å². The largest absolute Gasteiger partial charge is 0.325 e. The molecule has 1 aromatic carbocycles. The monoisotopic (exact) mass is 293 g/mol. The van der Waals surface area contributed by atoms with E-state index in [4.69, 9.17) is 4.98 Å². The van der Waals surface area contributed by atoms with E-state index in [0.717, 1.165) is 23.0 Å². The predicted octanol–water partition coefficient (Wildman–Crippen LogP) is 2.90. The number of halogens is 1. The highest BCUT2D eigenvalue weighted by atomic mass is 79.9. The number of aromatic nitrogens is 2. The minimum Gasteiger partial charge on any atom is -0.325 e. The van der Waals surface area contributed by atoms with Crippen LogP contribution < -0.4 is 5.32 Å². The topological polar surface area (TPSA) is 29.9 Å². The van der Waals surface area contributed by atoms with Gasteiger partial charge in [0.05, 0.1) is 11.0 Å². The molecule has 1 N–H and O–H groups in total. The molecule has 1 heterocycles. The lowest BCUT2D eigenvalue weighted by molar-refractivity contribution is 0.670. The van der Waals surface area contributed by atoms with Crippen molar-refractivity contribution in [3.05, 3.63) is 28.5 Å². The van der Waals surface area contributed by atoms with Crippen molar-refractivity contribution in [3.63, 3.8) is 0 Å². The number of imidazole rings is 1. The summed E-state index contributed by atoms with van der Waals surface area (Å²) < 4.78 is 3.53. The minimum atomic E-state index is 0.688. The number of nitrogens with zero attached hydrogens (tertiary/aromatic N) is 2. The number of hydrogen-bond acceptors (Lipinski definition) is 2. The van der Waals surface area contributed by atoms with Crippen LogP contribution >= 0.6 is 15.9 Å².